The number of unbranched alkanes of at least 4 members (excludes halogenated alkanes) is 54. The van der Waals surface area contributed by atoms with Crippen LogP contribution >= 0.6 is 15.6 Å². The summed E-state index contributed by atoms with van der Waals surface area (Å²) in [4.78, 5) is 73.3. The van der Waals surface area contributed by atoms with Gasteiger partial charge in [-0.15, -0.1) is 0 Å². The van der Waals surface area contributed by atoms with E-state index in [9.17, 15) is 43.2 Å². The number of ether oxygens (including phenoxy) is 4. The highest BCUT2D eigenvalue weighted by Gasteiger charge is 2.31. The van der Waals surface area contributed by atoms with Crippen LogP contribution in [0.15, 0.2) is 0 Å². The van der Waals surface area contributed by atoms with Gasteiger partial charge in [-0.25, -0.2) is 9.13 Å². The van der Waals surface area contributed by atoms with Gasteiger partial charge in [-0.05, 0) is 43.4 Å². The Morgan fingerprint density at radius 2 is 0.430 bits per heavy atom. The summed E-state index contributed by atoms with van der Waals surface area (Å²) in [6.45, 7) is 12.1. The highest BCUT2D eigenvalue weighted by Crippen LogP contribution is 2.45. The Balaban J connectivity index is 5.25. The average molecular weight is 1560 g/mol. The van der Waals surface area contributed by atoms with Gasteiger partial charge in [0.1, 0.15) is 19.3 Å². The quantitative estimate of drug-likeness (QED) is 0.0222. The molecule has 19 heteroatoms. The second-order valence-corrected chi connectivity index (χ2v) is 36.0. The van der Waals surface area contributed by atoms with Gasteiger partial charge in [0, 0.05) is 25.7 Å². The number of carbonyl (C=O) groups is 4. The van der Waals surface area contributed by atoms with Gasteiger partial charge in [0.2, 0.25) is 0 Å². The zero-order valence-electron chi connectivity index (χ0n) is 70.6. The second-order valence-electron chi connectivity index (χ2n) is 33.1. The standard InChI is InChI=1S/C88H172O17P2/c1-8-9-10-11-12-13-14-25-34-41-48-55-62-69-85(90)98-76-84(105-88(93)72-65-58-51-44-37-30-33-40-47-54-61-68-81(6)7)78-103-107(96,97)101-74-82(89)73-100-106(94,95)102-77-83(75-99-86(91)70-63-56-49-42-35-28-23-20-19-22-27-32-39-46-53-60-67-80(4)5)104-87(92)71-64-57-50-43-36-29-24-18-16-15-17-21-26-31-38-45-52-59-66-79(2)3/h79-84,89H,8-78H2,1-7H3,(H,94,95)(H,96,97)/t82-,83-,84-/m1/s1. The van der Waals surface area contributed by atoms with E-state index in [1.54, 1.807) is 0 Å². The van der Waals surface area contributed by atoms with Crippen molar-refractivity contribution in [3.63, 3.8) is 0 Å². The van der Waals surface area contributed by atoms with E-state index in [0.29, 0.717) is 25.7 Å². The van der Waals surface area contributed by atoms with Gasteiger partial charge in [-0.3, -0.25) is 37.3 Å². The Morgan fingerprint density at radius 3 is 0.636 bits per heavy atom. The topological polar surface area (TPSA) is 237 Å². The molecule has 0 saturated heterocycles. The van der Waals surface area contributed by atoms with E-state index in [4.69, 9.17) is 37.0 Å². The summed E-state index contributed by atoms with van der Waals surface area (Å²) >= 11 is 0. The summed E-state index contributed by atoms with van der Waals surface area (Å²) in [6.07, 6.45) is 69.4. The number of hydrogen-bond acceptors (Lipinski definition) is 15. The Labute approximate surface area is 658 Å². The molecule has 107 heavy (non-hydrogen) atoms. The lowest BCUT2D eigenvalue weighted by molar-refractivity contribution is -0.161. The minimum Gasteiger partial charge on any atom is -0.462 e. The lowest BCUT2D eigenvalue weighted by atomic mass is 10.0. The zero-order valence-corrected chi connectivity index (χ0v) is 72.4. The lowest BCUT2D eigenvalue weighted by Gasteiger charge is -2.21. The van der Waals surface area contributed by atoms with Crippen LogP contribution in [0.3, 0.4) is 0 Å². The Bertz CT molecular complexity index is 2060. The fraction of sp³-hybridized carbons (Fsp3) is 0.955. The molecular formula is C88H172O17P2. The molecule has 0 rings (SSSR count). The molecular weight excluding hydrogens is 1390 g/mol. The first-order valence-electron chi connectivity index (χ1n) is 45.3. The minimum absolute atomic E-state index is 0.107. The van der Waals surface area contributed by atoms with Crippen LogP contribution in [-0.2, 0) is 65.4 Å². The molecule has 2 unspecified atom stereocenters. The number of hydrogen-bond donors (Lipinski definition) is 3. The van der Waals surface area contributed by atoms with E-state index in [2.05, 4.69) is 48.5 Å². The van der Waals surface area contributed by atoms with Gasteiger partial charge in [0.05, 0.1) is 26.4 Å². The SMILES string of the molecule is CCCCCCCCCCCCCCCC(=O)OC[C@H](COP(=O)(O)OC[C@H](O)COP(=O)(O)OC[C@@H](COC(=O)CCCCCCCCCCCCCCCCCCC(C)C)OC(=O)CCCCCCCCCCCCCCCCCCCCC(C)C)OC(=O)CCCCCCCCCCCCCC(C)C. The van der Waals surface area contributed by atoms with Gasteiger partial charge >= 0.3 is 39.5 Å². The van der Waals surface area contributed by atoms with E-state index in [1.807, 2.05) is 0 Å². The van der Waals surface area contributed by atoms with Crippen molar-refractivity contribution in [2.45, 2.75) is 484 Å². The van der Waals surface area contributed by atoms with Crippen molar-refractivity contribution in [2.24, 2.45) is 17.8 Å². The van der Waals surface area contributed by atoms with Crippen molar-refractivity contribution in [2.75, 3.05) is 39.6 Å². The first-order chi connectivity index (χ1) is 51.7. The molecule has 636 valence electrons. The maximum absolute atomic E-state index is 13.2. The maximum Gasteiger partial charge on any atom is 0.472 e. The van der Waals surface area contributed by atoms with Crippen molar-refractivity contribution in [3.8, 4) is 0 Å². The van der Waals surface area contributed by atoms with Crippen molar-refractivity contribution in [1.82, 2.24) is 0 Å². The molecule has 0 amide bonds. The average Bonchev–Trinajstić information content (AvgIpc) is 0.907. The second kappa shape index (κ2) is 78.0. The van der Waals surface area contributed by atoms with Crippen LogP contribution in [0.1, 0.15) is 466 Å². The van der Waals surface area contributed by atoms with Crippen LogP contribution in [0, 0.1) is 17.8 Å². The predicted molar refractivity (Wildman–Crippen MR) is 441 cm³/mol. The van der Waals surface area contributed by atoms with E-state index < -0.39 is 97.5 Å². The molecule has 0 radical (unpaired) electrons. The molecule has 0 aliphatic carbocycles. The first-order valence-corrected chi connectivity index (χ1v) is 48.3. The highest BCUT2D eigenvalue weighted by atomic mass is 31.2. The summed E-state index contributed by atoms with van der Waals surface area (Å²) in [7, 11) is -9.93. The normalized spacial score (nSPS) is 13.8. The van der Waals surface area contributed by atoms with Gasteiger partial charge in [0.15, 0.2) is 12.2 Å². The molecule has 0 aromatic rings. The van der Waals surface area contributed by atoms with Crippen molar-refractivity contribution < 1.29 is 80.2 Å². The summed E-state index contributed by atoms with van der Waals surface area (Å²) in [5.41, 5.74) is 0. The highest BCUT2D eigenvalue weighted by molar-refractivity contribution is 7.47. The van der Waals surface area contributed by atoms with Crippen LogP contribution in [0.2, 0.25) is 0 Å². The summed E-state index contributed by atoms with van der Waals surface area (Å²) < 4.78 is 69.0. The van der Waals surface area contributed by atoms with Gasteiger partial charge in [-0.2, -0.15) is 0 Å². The molecule has 0 heterocycles. The third-order valence-electron chi connectivity index (χ3n) is 20.6. The van der Waals surface area contributed by atoms with Crippen LogP contribution in [0.5, 0.6) is 0 Å². The van der Waals surface area contributed by atoms with E-state index in [1.165, 1.54) is 276 Å². The zero-order chi connectivity index (χ0) is 78.6. The Hall–Kier alpha value is -1.94. The van der Waals surface area contributed by atoms with E-state index in [0.717, 1.165) is 108 Å². The maximum atomic E-state index is 13.2. The summed E-state index contributed by atoms with van der Waals surface area (Å²) in [5.74, 6) is 0.298. The van der Waals surface area contributed by atoms with Crippen LogP contribution in [-0.4, -0.2) is 96.7 Å². The molecule has 0 aliphatic rings. The van der Waals surface area contributed by atoms with Crippen LogP contribution < -0.4 is 0 Å². The Kier molecular flexibility index (Phi) is 76.6. The number of phosphoric acid groups is 2. The molecule has 0 aromatic carbocycles. The monoisotopic (exact) mass is 1560 g/mol. The van der Waals surface area contributed by atoms with Gasteiger partial charge < -0.3 is 33.8 Å². The molecule has 5 atom stereocenters. The third-order valence-corrected chi connectivity index (χ3v) is 22.5. The minimum atomic E-state index is -4.97. The molecule has 3 N–H and O–H groups in total. The van der Waals surface area contributed by atoms with Crippen LogP contribution in [0.4, 0.5) is 0 Å². The number of aliphatic hydroxyl groups excluding tert-OH is 1. The largest absolute Gasteiger partial charge is 0.472 e. The van der Waals surface area contributed by atoms with E-state index in [-0.39, 0.29) is 25.7 Å². The Morgan fingerprint density at radius 1 is 0.252 bits per heavy atom. The molecule has 0 saturated carbocycles. The number of phosphoric ester groups is 2. The van der Waals surface area contributed by atoms with Crippen molar-refractivity contribution in [1.29, 1.82) is 0 Å². The molecule has 0 aliphatic heterocycles. The van der Waals surface area contributed by atoms with E-state index >= 15 is 0 Å². The molecule has 17 nitrogen and oxygen atoms in total. The van der Waals surface area contributed by atoms with Crippen molar-refractivity contribution in [3.05, 3.63) is 0 Å². The fourth-order valence-corrected chi connectivity index (χ4v) is 15.3. The fourth-order valence-electron chi connectivity index (χ4n) is 13.7. The number of esters is 4. The van der Waals surface area contributed by atoms with Crippen LogP contribution in [0.25, 0.3) is 0 Å². The summed E-state index contributed by atoms with van der Waals surface area (Å²) in [5, 5.41) is 10.7. The van der Waals surface area contributed by atoms with Crippen molar-refractivity contribution >= 4 is 39.5 Å². The molecule has 0 spiro atoms. The predicted octanol–water partition coefficient (Wildman–Crippen LogP) is 26.9. The van der Waals surface area contributed by atoms with Gasteiger partial charge in [0.25, 0.3) is 0 Å². The summed E-state index contributed by atoms with van der Waals surface area (Å²) in [6, 6.07) is 0. The third kappa shape index (κ3) is 81.9. The number of carbonyl (C=O) groups excluding carboxylic acids is 4. The van der Waals surface area contributed by atoms with Gasteiger partial charge in [-0.1, -0.05) is 414 Å². The molecule has 0 fully saturated rings. The lowest BCUT2D eigenvalue weighted by Crippen LogP contribution is -2.30. The molecule has 0 aromatic heterocycles. The smallest absolute Gasteiger partial charge is 0.462 e. The number of aliphatic hydroxyl groups is 1. The molecule has 0 bridgehead atoms. The number of rotatable bonds is 86. The first kappa shape index (κ1) is 105.